The number of anilines is 1. The highest BCUT2D eigenvalue weighted by Crippen LogP contribution is 2.38. The highest BCUT2D eigenvalue weighted by Gasteiger charge is 2.39. The van der Waals surface area contributed by atoms with Crippen LogP contribution >= 0.6 is 0 Å². The van der Waals surface area contributed by atoms with Crippen LogP contribution < -0.4 is 4.90 Å². The number of carbonyl (C=O) groups excluding carboxylic acids is 2. The Morgan fingerprint density at radius 1 is 0.512 bits per heavy atom. The summed E-state index contributed by atoms with van der Waals surface area (Å²) >= 11 is 0. The normalized spacial score (nSPS) is 11.7. The number of nitrogens with zero attached hydrogens (tertiary/aromatic N) is 2. The van der Waals surface area contributed by atoms with E-state index >= 15 is 0 Å². The van der Waals surface area contributed by atoms with E-state index in [4.69, 9.17) is 0 Å². The minimum Gasteiger partial charge on any atom is -0.308 e. The summed E-state index contributed by atoms with van der Waals surface area (Å²) < 4.78 is 2.11. The highest BCUT2D eigenvalue weighted by atomic mass is 16.2. The van der Waals surface area contributed by atoms with E-state index in [0.717, 1.165) is 32.9 Å². The Bertz CT molecular complexity index is 1880. The van der Waals surface area contributed by atoms with Crippen LogP contribution in [0, 0.1) is 6.92 Å². The van der Waals surface area contributed by atoms with Crippen molar-refractivity contribution in [1.82, 2.24) is 4.57 Å². The van der Waals surface area contributed by atoms with Crippen molar-refractivity contribution in [3.63, 3.8) is 0 Å². The lowest BCUT2D eigenvalue weighted by Crippen LogP contribution is -2.29. The molecule has 0 fully saturated rings. The number of para-hydroxylation sites is 1. The van der Waals surface area contributed by atoms with Crippen LogP contribution in [0.15, 0.2) is 115 Å². The molecule has 43 heavy (non-hydrogen) atoms. The molecule has 2 amide bonds. The molecule has 0 bridgehead atoms. The Hall–Kier alpha value is -4.96. The van der Waals surface area contributed by atoms with Crippen molar-refractivity contribution in [2.75, 3.05) is 4.90 Å². The van der Waals surface area contributed by atoms with Gasteiger partial charge in [0.25, 0.3) is 11.8 Å². The van der Waals surface area contributed by atoms with E-state index in [1.54, 1.807) is 6.07 Å². The second-order valence-corrected chi connectivity index (χ2v) is 9.43. The number of fused-ring (bicyclic) bond motifs is 4. The Labute approximate surface area is 255 Å². The van der Waals surface area contributed by atoms with Crippen molar-refractivity contribution in [2.24, 2.45) is 0 Å². The molecule has 0 unspecified atom stereocenters. The Morgan fingerprint density at radius 2 is 1.14 bits per heavy atom. The molecule has 1 aromatic heterocycles. The van der Waals surface area contributed by atoms with Crippen molar-refractivity contribution in [3.05, 3.63) is 132 Å². The smallest absolute Gasteiger partial charge is 0.268 e. The van der Waals surface area contributed by atoms with Crippen LogP contribution in [0.4, 0.5) is 5.69 Å². The standard InChI is InChI=1S/C33H22N2O2.3C2H6/c1-21-17-18-29-27(19-21)25-13-5-6-15-28(25)35(29)30-16-8-14-26-31(30)33(37)34(32(26)36)24-12-7-11-23(20-24)22-9-3-2-4-10-22;3*1-2/h2-20H,1H3;3*1-2H3. The summed E-state index contributed by atoms with van der Waals surface area (Å²) in [5.74, 6) is -0.609. The fourth-order valence-corrected chi connectivity index (χ4v) is 5.49. The third-order valence-electron chi connectivity index (χ3n) is 7.17. The molecular weight excluding hydrogens is 528 g/mol. The van der Waals surface area contributed by atoms with Crippen LogP contribution in [0.3, 0.4) is 0 Å². The minimum absolute atomic E-state index is 0.302. The van der Waals surface area contributed by atoms with Gasteiger partial charge in [-0.3, -0.25) is 9.59 Å². The van der Waals surface area contributed by atoms with Gasteiger partial charge in [-0.15, -0.1) is 0 Å². The molecule has 0 N–H and O–H groups in total. The van der Waals surface area contributed by atoms with Gasteiger partial charge in [-0.1, -0.05) is 120 Å². The lowest BCUT2D eigenvalue weighted by atomic mass is 10.0. The van der Waals surface area contributed by atoms with Gasteiger partial charge >= 0.3 is 0 Å². The number of hydrogen-bond donors (Lipinski definition) is 0. The first-order valence-corrected chi connectivity index (χ1v) is 15.3. The maximum atomic E-state index is 14.0. The number of benzene rings is 5. The Balaban J connectivity index is 0.000000666. The molecule has 0 saturated heterocycles. The number of aromatic nitrogens is 1. The van der Waals surface area contributed by atoms with E-state index in [1.165, 1.54) is 10.5 Å². The SMILES string of the molecule is CC.CC.CC.Cc1ccc2c(c1)c1ccccc1n2-c1cccc2c1C(=O)N(c1cccc(-c3ccccc3)c1)C2=O. The molecule has 2 heterocycles. The number of amides is 2. The van der Waals surface area contributed by atoms with Crippen LogP contribution in [0.5, 0.6) is 0 Å². The molecule has 0 atom stereocenters. The van der Waals surface area contributed by atoms with Gasteiger partial charge in [-0.25, -0.2) is 4.90 Å². The second kappa shape index (κ2) is 13.8. The van der Waals surface area contributed by atoms with Crippen LogP contribution in [0.25, 0.3) is 38.6 Å². The van der Waals surface area contributed by atoms with E-state index in [1.807, 2.05) is 120 Å². The van der Waals surface area contributed by atoms with Gasteiger partial charge in [-0.05, 0) is 60.5 Å². The van der Waals surface area contributed by atoms with Gasteiger partial charge < -0.3 is 4.57 Å². The van der Waals surface area contributed by atoms with Gasteiger partial charge in [0.2, 0.25) is 0 Å². The molecule has 218 valence electrons. The number of hydrogen-bond acceptors (Lipinski definition) is 2. The first-order chi connectivity index (χ1) is 21.1. The fourth-order valence-electron chi connectivity index (χ4n) is 5.49. The molecule has 1 aliphatic rings. The van der Waals surface area contributed by atoms with Crippen molar-refractivity contribution < 1.29 is 9.59 Å². The van der Waals surface area contributed by atoms with Gasteiger partial charge in [0, 0.05) is 10.8 Å². The first-order valence-electron chi connectivity index (χ1n) is 15.3. The molecule has 0 aliphatic carbocycles. The minimum atomic E-state index is -0.307. The monoisotopic (exact) mass is 568 g/mol. The van der Waals surface area contributed by atoms with Crippen molar-refractivity contribution in [1.29, 1.82) is 0 Å². The summed E-state index contributed by atoms with van der Waals surface area (Å²) in [6, 6.07) is 37.6. The number of carbonyl (C=O) groups is 2. The number of rotatable bonds is 3. The average Bonchev–Trinajstić information content (AvgIpc) is 3.54. The number of imide groups is 1. The summed E-state index contributed by atoms with van der Waals surface area (Å²) in [6.45, 7) is 14.1. The van der Waals surface area contributed by atoms with Crippen LogP contribution in [0.2, 0.25) is 0 Å². The zero-order valence-electron chi connectivity index (χ0n) is 26.2. The molecule has 0 radical (unpaired) electrons. The molecule has 4 nitrogen and oxygen atoms in total. The van der Waals surface area contributed by atoms with Gasteiger partial charge in [0.05, 0.1) is 33.5 Å². The van der Waals surface area contributed by atoms with E-state index in [9.17, 15) is 9.59 Å². The van der Waals surface area contributed by atoms with Crippen LogP contribution in [0.1, 0.15) is 67.8 Å². The van der Waals surface area contributed by atoms with Crippen molar-refractivity contribution in [2.45, 2.75) is 48.5 Å². The van der Waals surface area contributed by atoms with Gasteiger partial charge in [0.15, 0.2) is 0 Å². The molecule has 5 aromatic carbocycles. The first kappa shape index (κ1) is 31.0. The van der Waals surface area contributed by atoms with Gasteiger partial charge in [0.1, 0.15) is 0 Å². The average molecular weight is 569 g/mol. The predicted octanol–water partition coefficient (Wildman–Crippen LogP) is 10.6. The fraction of sp³-hybridized carbons (Fsp3) is 0.179. The molecule has 1 aliphatic heterocycles. The molecule has 4 heteroatoms. The molecule has 0 saturated carbocycles. The van der Waals surface area contributed by atoms with Gasteiger partial charge in [-0.2, -0.15) is 0 Å². The molecular formula is C39H40N2O2. The summed E-state index contributed by atoms with van der Waals surface area (Å²) in [7, 11) is 0. The zero-order chi connectivity index (χ0) is 31.1. The quantitative estimate of drug-likeness (QED) is 0.199. The topological polar surface area (TPSA) is 42.3 Å². The lowest BCUT2D eigenvalue weighted by Gasteiger charge is -2.16. The van der Waals surface area contributed by atoms with Crippen molar-refractivity contribution in [3.8, 4) is 16.8 Å². The predicted molar refractivity (Wildman–Crippen MR) is 183 cm³/mol. The molecule has 0 spiro atoms. The molecule has 6 aromatic rings. The largest absolute Gasteiger partial charge is 0.308 e. The van der Waals surface area contributed by atoms with Crippen molar-refractivity contribution >= 4 is 39.3 Å². The lowest BCUT2D eigenvalue weighted by molar-refractivity contribution is 0.0926. The Kier molecular flexibility index (Phi) is 9.95. The van der Waals surface area contributed by atoms with Crippen LogP contribution in [-0.2, 0) is 0 Å². The van der Waals surface area contributed by atoms with E-state index in [0.29, 0.717) is 22.5 Å². The summed E-state index contributed by atoms with van der Waals surface area (Å²) in [5, 5.41) is 2.24. The molecule has 7 rings (SSSR count). The van der Waals surface area contributed by atoms with E-state index in [2.05, 4.69) is 41.8 Å². The van der Waals surface area contributed by atoms with E-state index < -0.39 is 0 Å². The Morgan fingerprint density at radius 3 is 1.88 bits per heavy atom. The number of aryl methyl sites for hydroxylation is 1. The second-order valence-electron chi connectivity index (χ2n) is 9.43. The highest BCUT2D eigenvalue weighted by molar-refractivity contribution is 6.35. The summed E-state index contributed by atoms with van der Waals surface area (Å²) in [6.07, 6.45) is 0. The maximum absolute atomic E-state index is 14.0. The third kappa shape index (κ3) is 5.49. The zero-order valence-corrected chi connectivity index (χ0v) is 26.2. The van der Waals surface area contributed by atoms with Crippen LogP contribution in [-0.4, -0.2) is 16.4 Å². The maximum Gasteiger partial charge on any atom is 0.268 e. The summed E-state index contributed by atoms with van der Waals surface area (Å²) in [5.41, 5.74) is 7.29. The third-order valence-corrected chi connectivity index (χ3v) is 7.17. The summed E-state index contributed by atoms with van der Waals surface area (Å²) in [4.78, 5) is 28.9. The van der Waals surface area contributed by atoms with E-state index in [-0.39, 0.29) is 11.8 Å².